The van der Waals surface area contributed by atoms with Gasteiger partial charge < -0.3 is 29.9 Å². The zero-order chi connectivity index (χ0) is 31.3. The highest BCUT2D eigenvalue weighted by atomic mass is 16.5. The molecular formula is C36H38O8. The molecule has 4 N–H and O–H groups in total. The Morgan fingerprint density at radius 2 is 0.841 bits per heavy atom. The van der Waals surface area contributed by atoms with Crippen molar-refractivity contribution in [2.75, 3.05) is 0 Å². The summed E-state index contributed by atoms with van der Waals surface area (Å²) in [7, 11) is 0. The maximum atomic E-state index is 12.8. The van der Waals surface area contributed by atoms with Gasteiger partial charge in [-0.3, -0.25) is 0 Å². The summed E-state index contributed by atoms with van der Waals surface area (Å²) in [6.07, 6.45) is 5.75. The lowest BCUT2D eigenvalue weighted by Gasteiger charge is -2.19. The molecule has 0 heterocycles. The van der Waals surface area contributed by atoms with Crippen molar-refractivity contribution in [2.24, 2.45) is 0 Å². The molecule has 4 aromatic rings. The van der Waals surface area contributed by atoms with Crippen LogP contribution in [0.2, 0.25) is 0 Å². The van der Waals surface area contributed by atoms with Crippen molar-refractivity contribution >= 4 is 11.9 Å². The SMILES string of the molecule is O=C(O[C@@H](CCCCCCCC[C@H](OC(=O)c1cccc(O)c1O)c1ccccc1)c1ccccc1)c1cccc(O)c1O. The first-order valence-corrected chi connectivity index (χ1v) is 14.9. The number of rotatable bonds is 15. The highest BCUT2D eigenvalue weighted by molar-refractivity contribution is 5.94. The van der Waals surface area contributed by atoms with Crippen molar-refractivity contribution in [3.63, 3.8) is 0 Å². The fourth-order valence-corrected chi connectivity index (χ4v) is 5.07. The molecule has 0 aliphatic heterocycles. The second kappa shape index (κ2) is 16.0. The number of hydrogen-bond acceptors (Lipinski definition) is 8. The van der Waals surface area contributed by atoms with Crippen LogP contribution in [0, 0.1) is 0 Å². The number of carbonyl (C=O) groups excluding carboxylic acids is 2. The number of unbranched alkanes of at least 4 members (excludes halogenated alkanes) is 5. The van der Waals surface area contributed by atoms with Crippen molar-refractivity contribution < 1.29 is 39.5 Å². The largest absolute Gasteiger partial charge is 0.504 e. The minimum Gasteiger partial charge on any atom is -0.504 e. The molecule has 0 fully saturated rings. The molecule has 0 saturated carbocycles. The molecule has 0 unspecified atom stereocenters. The normalized spacial score (nSPS) is 12.3. The van der Waals surface area contributed by atoms with Gasteiger partial charge in [-0.2, -0.15) is 0 Å². The van der Waals surface area contributed by atoms with Crippen molar-refractivity contribution in [3.8, 4) is 23.0 Å². The molecule has 8 nitrogen and oxygen atoms in total. The van der Waals surface area contributed by atoms with E-state index in [4.69, 9.17) is 9.47 Å². The van der Waals surface area contributed by atoms with Gasteiger partial charge in [-0.05, 0) is 61.1 Å². The van der Waals surface area contributed by atoms with Gasteiger partial charge in [0, 0.05) is 0 Å². The van der Waals surface area contributed by atoms with E-state index in [0.29, 0.717) is 12.8 Å². The number of para-hydroxylation sites is 2. The first-order chi connectivity index (χ1) is 21.3. The number of hydrogen-bond donors (Lipinski definition) is 4. The molecule has 44 heavy (non-hydrogen) atoms. The van der Waals surface area contributed by atoms with Crippen molar-refractivity contribution in [1.82, 2.24) is 0 Å². The number of aromatic hydroxyl groups is 4. The minimum absolute atomic E-state index is 0.0795. The van der Waals surface area contributed by atoms with Gasteiger partial charge in [0.2, 0.25) is 0 Å². The molecule has 0 radical (unpaired) electrons. The Kier molecular flexibility index (Phi) is 11.6. The van der Waals surface area contributed by atoms with Gasteiger partial charge in [0.15, 0.2) is 23.0 Å². The Balaban J connectivity index is 1.24. The molecule has 0 aromatic heterocycles. The van der Waals surface area contributed by atoms with E-state index in [9.17, 15) is 30.0 Å². The van der Waals surface area contributed by atoms with Crippen LogP contribution in [-0.2, 0) is 9.47 Å². The summed E-state index contributed by atoms with van der Waals surface area (Å²) >= 11 is 0. The summed E-state index contributed by atoms with van der Waals surface area (Å²) in [6, 6.07) is 27.3. The van der Waals surface area contributed by atoms with Gasteiger partial charge >= 0.3 is 11.9 Å². The Bertz CT molecular complexity index is 1390. The van der Waals surface area contributed by atoms with Crippen LogP contribution in [0.1, 0.15) is 95.4 Å². The van der Waals surface area contributed by atoms with Gasteiger partial charge in [0.25, 0.3) is 0 Å². The van der Waals surface area contributed by atoms with Gasteiger partial charge in [-0.15, -0.1) is 0 Å². The monoisotopic (exact) mass is 598 g/mol. The van der Waals surface area contributed by atoms with Crippen LogP contribution >= 0.6 is 0 Å². The van der Waals surface area contributed by atoms with E-state index >= 15 is 0 Å². The molecule has 0 spiro atoms. The van der Waals surface area contributed by atoms with Crippen molar-refractivity contribution in [3.05, 3.63) is 119 Å². The van der Waals surface area contributed by atoms with Gasteiger partial charge in [-0.1, -0.05) is 98.5 Å². The zero-order valence-corrected chi connectivity index (χ0v) is 24.5. The highest BCUT2D eigenvalue weighted by Crippen LogP contribution is 2.33. The lowest BCUT2D eigenvalue weighted by Crippen LogP contribution is -2.12. The average Bonchev–Trinajstić information content (AvgIpc) is 3.04. The molecule has 8 heteroatoms. The quantitative estimate of drug-likeness (QED) is 0.0612. The van der Waals surface area contributed by atoms with E-state index in [1.807, 2.05) is 60.7 Å². The number of ether oxygens (including phenoxy) is 2. The first kappa shape index (κ1) is 31.9. The molecule has 4 aromatic carbocycles. The van der Waals surface area contributed by atoms with Gasteiger partial charge in [-0.25, -0.2) is 9.59 Å². The molecule has 0 bridgehead atoms. The zero-order valence-electron chi connectivity index (χ0n) is 24.5. The molecule has 2 atom stereocenters. The maximum Gasteiger partial charge on any atom is 0.342 e. The lowest BCUT2D eigenvalue weighted by molar-refractivity contribution is 0.0255. The minimum atomic E-state index is -0.694. The summed E-state index contributed by atoms with van der Waals surface area (Å²) in [5.74, 6) is -3.13. The number of benzene rings is 4. The maximum absolute atomic E-state index is 12.8. The van der Waals surface area contributed by atoms with Crippen molar-refractivity contribution in [1.29, 1.82) is 0 Å². The van der Waals surface area contributed by atoms with Crippen molar-refractivity contribution in [2.45, 2.75) is 63.6 Å². The van der Waals surface area contributed by atoms with Crippen LogP contribution in [-0.4, -0.2) is 32.4 Å². The number of phenolic OH excluding ortho intramolecular Hbond substituents is 4. The smallest absolute Gasteiger partial charge is 0.342 e. The number of carbonyl (C=O) groups is 2. The molecule has 0 aliphatic rings. The van der Waals surface area contributed by atoms with Crippen LogP contribution in [0.3, 0.4) is 0 Å². The summed E-state index contributed by atoms with van der Waals surface area (Å²) < 4.78 is 11.5. The van der Waals surface area contributed by atoms with Crippen LogP contribution in [0.4, 0.5) is 0 Å². The van der Waals surface area contributed by atoms with E-state index in [2.05, 4.69) is 0 Å². The average molecular weight is 599 g/mol. The Labute approximate surface area is 257 Å². The third-order valence-corrected chi connectivity index (χ3v) is 7.49. The Hall–Kier alpha value is -4.98. The summed E-state index contributed by atoms with van der Waals surface area (Å²) in [5, 5.41) is 39.7. The number of esters is 2. The summed E-state index contributed by atoms with van der Waals surface area (Å²) in [6.45, 7) is 0. The molecule has 230 valence electrons. The highest BCUT2D eigenvalue weighted by Gasteiger charge is 2.23. The summed E-state index contributed by atoms with van der Waals surface area (Å²) in [4.78, 5) is 25.6. The molecular weight excluding hydrogens is 560 g/mol. The second-order valence-electron chi connectivity index (χ2n) is 10.7. The van der Waals surface area contributed by atoms with Crippen LogP contribution < -0.4 is 0 Å². The van der Waals surface area contributed by atoms with E-state index in [-0.39, 0.29) is 22.6 Å². The third-order valence-electron chi connectivity index (χ3n) is 7.49. The molecule has 4 rings (SSSR count). The third kappa shape index (κ3) is 8.77. The second-order valence-corrected chi connectivity index (χ2v) is 10.7. The van der Waals surface area contributed by atoms with E-state index in [1.165, 1.54) is 36.4 Å². The molecule has 0 aliphatic carbocycles. The molecule has 0 amide bonds. The Morgan fingerprint density at radius 1 is 0.477 bits per heavy atom. The van der Waals surface area contributed by atoms with E-state index < -0.39 is 35.6 Å². The van der Waals surface area contributed by atoms with Gasteiger partial charge in [0.05, 0.1) is 0 Å². The van der Waals surface area contributed by atoms with Crippen LogP contribution in [0.25, 0.3) is 0 Å². The van der Waals surface area contributed by atoms with Crippen LogP contribution in [0.15, 0.2) is 97.1 Å². The topological polar surface area (TPSA) is 134 Å². The predicted octanol–water partition coefficient (Wildman–Crippen LogP) is 8.13. The van der Waals surface area contributed by atoms with Crippen LogP contribution in [0.5, 0.6) is 23.0 Å². The fraction of sp³-hybridized carbons (Fsp3) is 0.278. The first-order valence-electron chi connectivity index (χ1n) is 14.9. The van der Waals surface area contributed by atoms with Gasteiger partial charge in [0.1, 0.15) is 23.3 Å². The fourth-order valence-electron chi connectivity index (χ4n) is 5.07. The Morgan fingerprint density at radius 3 is 1.23 bits per heavy atom. The predicted molar refractivity (Wildman–Crippen MR) is 166 cm³/mol. The van der Waals surface area contributed by atoms with E-state index in [1.54, 1.807) is 0 Å². The summed E-state index contributed by atoms with van der Waals surface area (Å²) in [5.41, 5.74) is 1.57. The molecule has 0 saturated heterocycles. The standard InChI is InChI=1S/C36H38O8/c37-29-21-13-19-27(33(29)39)35(41)43-31(25-15-7-5-8-16-25)23-11-3-1-2-4-12-24-32(26-17-9-6-10-18-26)44-36(42)28-20-14-22-30(38)34(28)40/h5-10,13-22,31-32,37-40H,1-4,11-12,23-24H2/t31-,32-/m0/s1. The number of phenols is 4. The lowest BCUT2D eigenvalue weighted by atomic mass is 10.00. The van der Waals surface area contributed by atoms with E-state index in [0.717, 1.165) is 49.7 Å².